The molecule has 0 aliphatic heterocycles. The fraction of sp³-hybridized carbons (Fsp3) is 0.286. The van der Waals surface area contributed by atoms with Gasteiger partial charge in [0.25, 0.3) is 0 Å². The van der Waals surface area contributed by atoms with Gasteiger partial charge in [0.05, 0.1) is 9.26 Å². The van der Waals surface area contributed by atoms with Crippen molar-refractivity contribution in [2.75, 3.05) is 5.73 Å². The van der Waals surface area contributed by atoms with Crippen LogP contribution in [0.1, 0.15) is 30.4 Å². The van der Waals surface area contributed by atoms with E-state index >= 15 is 0 Å². The SMILES string of the molecule is CCCc1nc(Cc2c(F)cccc2Cl)nc(N)c1I. The largest absolute Gasteiger partial charge is 0.383 e. The first-order valence-electron chi connectivity index (χ1n) is 6.26. The van der Waals surface area contributed by atoms with Crippen LogP contribution >= 0.6 is 34.2 Å². The topological polar surface area (TPSA) is 51.8 Å². The van der Waals surface area contributed by atoms with Crippen molar-refractivity contribution in [3.05, 3.63) is 49.7 Å². The van der Waals surface area contributed by atoms with Crippen LogP contribution in [0.5, 0.6) is 0 Å². The van der Waals surface area contributed by atoms with Crippen molar-refractivity contribution in [3.63, 3.8) is 0 Å². The zero-order valence-electron chi connectivity index (χ0n) is 11.0. The molecule has 0 radical (unpaired) electrons. The van der Waals surface area contributed by atoms with Crippen molar-refractivity contribution in [2.45, 2.75) is 26.2 Å². The maximum absolute atomic E-state index is 13.8. The Morgan fingerprint density at radius 1 is 1.35 bits per heavy atom. The fourth-order valence-electron chi connectivity index (χ4n) is 1.91. The third-order valence-electron chi connectivity index (χ3n) is 2.88. The number of nitrogens with two attached hydrogens (primary N) is 1. The van der Waals surface area contributed by atoms with E-state index in [0.717, 1.165) is 22.1 Å². The van der Waals surface area contributed by atoms with Gasteiger partial charge in [-0.1, -0.05) is 31.0 Å². The van der Waals surface area contributed by atoms with Gasteiger partial charge in [0.1, 0.15) is 17.5 Å². The first kappa shape index (κ1) is 15.4. The molecule has 2 aromatic rings. The molecule has 0 fully saturated rings. The molecule has 1 aromatic heterocycles. The number of hydrogen-bond acceptors (Lipinski definition) is 3. The summed E-state index contributed by atoms with van der Waals surface area (Å²) in [5, 5.41) is 0.378. The Hall–Kier alpha value is -0.950. The van der Waals surface area contributed by atoms with Crippen LogP contribution in [0.3, 0.4) is 0 Å². The highest BCUT2D eigenvalue weighted by Crippen LogP contribution is 2.23. The van der Waals surface area contributed by atoms with Crippen LogP contribution in [0.25, 0.3) is 0 Å². The van der Waals surface area contributed by atoms with Crippen molar-refractivity contribution >= 4 is 40.0 Å². The lowest BCUT2D eigenvalue weighted by molar-refractivity contribution is 0.612. The minimum absolute atomic E-state index is 0.239. The molecule has 0 saturated carbocycles. The highest BCUT2D eigenvalue weighted by molar-refractivity contribution is 14.1. The van der Waals surface area contributed by atoms with E-state index in [1.165, 1.54) is 6.07 Å². The summed E-state index contributed by atoms with van der Waals surface area (Å²) in [6.07, 6.45) is 2.03. The lowest BCUT2D eigenvalue weighted by Crippen LogP contribution is -2.08. The molecule has 6 heteroatoms. The normalized spacial score (nSPS) is 10.8. The smallest absolute Gasteiger partial charge is 0.140 e. The van der Waals surface area contributed by atoms with Crippen LogP contribution in [-0.4, -0.2) is 9.97 Å². The number of aromatic nitrogens is 2. The molecule has 0 amide bonds. The minimum Gasteiger partial charge on any atom is -0.383 e. The number of benzene rings is 1. The third-order valence-corrected chi connectivity index (χ3v) is 4.40. The summed E-state index contributed by atoms with van der Waals surface area (Å²) in [4.78, 5) is 8.70. The summed E-state index contributed by atoms with van der Waals surface area (Å²) in [5.74, 6) is 0.583. The van der Waals surface area contributed by atoms with E-state index in [-0.39, 0.29) is 12.2 Å². The summed E-state index contributed by atoms with van der Waals surface area (Å²) in [6, 6.07) is 4.61. The predicted octanol–water partition coefficient (Wildman–Crippen LogP) is 4.00. The first-order chi connectivity index (χ1) is 9.52. The van der Waals surface area contributed by atoms with E-state index in [1.54, 1.807) is 12.1 Å². The Balaban J connectivity index is 2.39. The lowest BCUT2D eigenvalue weighted by atomic mass is 10.1. The molecule has 106 valence electrons. The third kappa shape index (κ3) is 3.38. The first-order valence-corrected chi connectivity index (χ1v) is 7.72. The van der Waals surface area contributed by atoms with E-state index in [4.69, 9.17) is 17.3 Å². The van der Waals surface area contributed by atoms with Crippen molar-refractivity contribution in [1.29, 1.82) is 0 Å². The Kier molecular flexibility index (Phi) is 5.15. The van der Waals surface area contributed by atoms with Gasteiger partial charge in [-0.2, -0.15) is 0 Å². The van der Waals surface area contributed by atoms with E-state index < -0.39 is 0 Å². The van der Waals surface area contributed by atoms with Crippen molar-refractivity contribution in [3.8, 4) is 0 Å². The average molecular weight is 406 g/mol. The summed E-state index contributed by atoms with van der Waals surface area (Å²) < 4.78 is 14.7. The molecule has 0 bridgehead atoms. The second-order valence-electron chi connectivity index (χ2n) is 4.41. The monoisotopic (exact) mass is 405 g/mol. The van der Waals surface area contributed by atoms with Gasteiger partial charge in [0.15, 0.2) is 0 Å². The number of halogens is 3. The molecular formula is C14H14ClFIN3. The van der Waals surface area contributed by atoms with Gasteiger partial charge in [-0.15, -0.1) is 0 Å². The number of anilines is 1. The summed E-state index contributed by atoms with van der Waals surface area (Å²) in [5.41, 5.74) is 7.20. The Morgan fingerprint density at radius 3 is 2.75 bits per heavy atom. The molecule has 0 spiro atoms. The van der Waals surface area contributed by atoms with E-state index in [1.807, 2.05) is 0 Å². The number of nitrogens with zero attached hydrogens (tertiary/aromatic N) is 2. The van der Waals surface area contributed by atoms with Gasteiger partial charge in [0, 0.05) is 17.0 Å². The maximum Gasteiger partial charge on any atom is 0.140 e. The maximum atomic E-state index is 13.8. The van der Waals surface area contributed by atoms with Gasteiger partial charge in [-0.3, -0.25) is 0 Å². The van der Waals surface area contributed by atoms with Crippen LogP contribution in [-0.2, 0) is 12.8 Å². The van der Waals surface area contributed by atoms with Crippen molar-refractivity contribution in [1.82, 2.24) is 9.97 Å². The molecule has 2 rings (SSSR count). The number of rotatable bonds is 4. The second kappa shape index (κ2) is 6.67. The molecule has 1 heterocycles. The summed E-state index contributed by atoms with van der Waals surface area (Å²) in [6.45, 7) is 2.07. The Labute approximate surface area is 135 Å². The van der Waals surface area contributed by atoms with Crippen LogP contribution in [0.2, 0.25) is 5.02 Å². The second-order valence-corrected chi connectivity index (χ2v) is 5.90. The van der Waals surface area contributed by atoms with E-state index in [2.05, 4.69) is 39.5 Å². The lowest BCUT2D eigenvalue weighted by Gasteiger charge is -2.09. The molecule has 0 saturated heterocycles. The molecular weight excluding hydrogens is 392 g/mol. The van der Waals surface area contributed by atoms with Gasteiger partial charge < -0.3 is 5.73 Å². The van der Waals surface area contributed by atoms with Gasteiger partial charge >= 0.3 is 0 Å². The van der Waals surface area contributed by atoms with Crippen LogP contribution in [0.15, 0.2) is 18.2 Å². The molecule has 0 atom stereocenters. The zero-order valence-corrected chi connectivity index (χ0v) is 13.9. The molecule has 0 aliphatic rings. The number of aryl methyl sites for hydroxylation is 1. The van der Waals surface area contributed by atoms with Gasteiger partial charge in [-0.05, 0) is 41.1 Å². The van der Waals surface area contributed by atoms with Crippen LogP contribution < -0.4 is 5.73 Å². The zero-order chi connectivity index (χ0) is 14.7. The molecule has 0 aliphatic carbocycles. The molecule has 2 N–H and O–H groups in total. The highest BCUT2D eigenvalue weighted by Gasteiger charge is 2.13. The van der Waals surface area contributed by atoms with E-state index in [0.29, 0.717) is 22.2 Å². The highest BCUT2D eigenvalue weighted by atomic mass is 127. The van der Waals surface area contributed by atoms with Crippen molar-refractivity contribution < 1.29 is 4.39 Å². The predicted molar refractivity (Wildman–Crippen MR) is 87.4 cm³/mol. The average Bonchev–Trinajstić information content (AvgIpc) is 2.40. The number of nitrogen functional groups attached to an aromatic ring is 1. The molecule has 3 nitrogen and oxygen atoms in total. The number of hydrogen-bond donors (Lipinski definition) is 1. The van der Waals surface area contributed by atoms with Crippen LogP contribution in [0, 0.1) is 9.39 Å². The quantitative estimate of drug-likeness (QED) is 0.782. The molecule has 1 aromatic carbocycles. The Morgan fingerprint density at radius 2 is 2.10 bits per heavy atom. The van der Waals surface area contributed by atoms with E-state index in [9.17, 15) is 4.39 Å². The molecule has 0 unspecified atom stereocenters. The van der Waals surface area contributed by atoms with Crippen molar-refractivity contribution in [2.24, 2.45) is 0 Å². The molecule has 20 heavy (non-hydrogen) atoms. The minimum atomic E-state index is -0.352. The Bertz CT molecular complexity index is 614. The van der Waals surface area contributed by atoms with Gasteiger partial charge in [0.2, 0.25) is 0 Å². The summed E-state index contributed by atoms with van der Waals surface area (Å²) in [7, 11) is 0. The van der Waals surface area contributed by atoms with Crippen LogP contribution in [0.4, 0.5) is 10.2 Å². The summed E-state index contributed by atoms with van der Waals surface area (Å²) >= 11 is 8.16. The standard InChI is InChI=1S/C14H14ClFIN3/c1-2-4-11-13(17)14(18)20-12(19-11)7-8-9(15)5-3-6-10(8)16/h3,5-6H,2,4,7H2,1H3,(H2,18,19,20). The fourth-order valence-corrected chi connectivity index (χ4v) is 2.65. The van der Waals surface area contributed by atoms with Gasteiger partial charge in [-0.25, -0.2) is 14.4 Å².